The number of aromatic nitrogens is 3. The van der Waals surface area contributed by atoms with E-state index in [2.05, 4.69) is 20.6 Å². The number of anilines is 2. The lowest BCUT2D eigenvalue weighted by molar-refractivity contribution is -0.882. The summed E-state index contributed by atoms with van der Waals surface area (Å²) in [5.41, 5.74) is 8.10. The molecule has 4 rings (SSSR count). The summed E-state index contributed by atoms with van der Waals surface area (Å²) in [5.74, 6) is -2.49. The standard InChI is InChI=1S/C30H35F2N7O4/c1-5-19-16-20(6-7-21(19)30(41)35-11-14-43-15-13-39(2,3)18-25(33)40)37-28-29-36-17-23(38(29)12-10-34-28)22-8-9-24(42-4)27(32)26(22)31/h6-10,12,16-17H,5,11,13-15,18H2,1-4H3,(H3-,33,34,35,37,40,41)/p+1. The van der Waals surface area contributed by atoms with Crippen molar-refractivity contribution in [1.82, 2.24) is 19.7 Å². The molecule has 0 aliphatic carbocycles. The van der Waals surface area contributed by atoms with Crippen LogP contribution in [0.15, 0.2) is 48.9 Å². The first-order valence-corrected chi connectivity index (χ1v) is 13.7. The minimum Gasteiger partial charge on any atom is -0.494 e. The van der Waals surface area contributed by atoms with Gasteiger partial charge in [-0.1, -0.05) is 6.92 Å². The van der Waals surface area contributed by atoms with Gasteiger partial charge in [-0.05, 0) is 42.3 Å². The van der Waals surface area contributed by atoms with Crippen LogP contribution >= 0.6 is 0 Å². The molecule has 0 aliphatic rings. The molecule has 0 radical (unpaired) electrons. The Balaban J connectivity index is 1.41. The third kappa shape index (κ3) is 7.43. The van der Waals surface area contributed by atoms with Crippen molar-refractivity contribution in [2.24, 2.45) is 5.73 Å². The lowest BCUT2D eigenvalue weighted by Gasteiger charge is -2.27. The molecule has 0 unspecified atom stereocenters. The Morgan fingerprint density at radius 1 is 1.09 bits per heavy atom. The largest absolute Gasteiger partial charge is 0.494 e. The van der Waals surface area contributed by atoms with E-state index in [1.54, 1.807) is 22.7 Å². The molecule has 43 heavy (non-hydrogen) atoms. The summed E-state index contributed by atoms with van der Waals surface area (Å²) in [4.78, 5) is 32.8. The molecule has 0 saturated carbocycles. The fourth-order valence-electron chi connectivity index (χ4n) is 4.66. The van der Waals surface area contributed by atoms with E-state index in [4.69, 9.17) is 15.2 Å². The molecule has 2 amide bonds. The second-order valence-electron chi connectivity index (χ2n) is 10.6. The number of nitrogens with two attached hydrogens (primary N) is 1. The van der Waals surface area contributed by atoms with Crippen LogP contribution in [0.3, 0.4) is 0 Å². The number of amides is 2. The molecule has 228 valence electrons. The zero-order valence-corrected chi connectivity index (χ0v) is 24.6. The number of imidazole rings is 1. The molecule has 0 aliphatic heterocycles. The van der Waals surface area contributed by atoms with Crippen molar-refractivity contribution < 1.29 is 32.3 Å². The van der Waals surface area contributed by atoms with E-state index in [0.29, 0.717) is 65.6 Å². The van der Waals surface area contributed by atoms with Gasteiger partial charge in [-0.15, -0.1) is 0 Å². The summed E-state index contributed by atoms with van der Waals surface area (Å²) < 4.78 is 41.7. The Bertz CT molecular complexity index is 1620. The number of carbonyl (C=O) groups is 2. The number of hydrogen-bond acceptors (Lipinski definition) is 7. The average Bonchev–Trinajstić information content (AvgIpc) is 3.40. The lowest BCUT2D eigenvalue weighted by Crippen LogP contribution is -2.48. The summed E-state index contributed by atoms with van der Waals surface area (Å²) in [6.45, 7) is 3.89. The van der Waals surface area contributed by atoms with Gasteiger partial charge in [-0.2, -0.15) is 4.39 Å². The third-order valence-corrected chi connectivity index (χ3v) is 6.92. The van der Waals surface area contributed by atoms with Crippen molar-refractivity contribution >= 4 is 29.0 Å². The number of likely N-dealkylation sites (N-methyl/N-ethyl adjacent to an activating group) is 1. The topological polar surface area (TPSA) is 133 Å². The Hall–Kier alpha value is -4.62. The molecule has 4 N–H and O–H groups in total. The highest BCUT2D eigenvalue weighted by atomic mass is 19.2. The molecule has 4 aromatic rings. The maximum atomic E-state index is 14.8. The van der Waals surface area contributed by atoms with Gasteiger partial charge in [0.25, 0.3) is 11.8 Å². The van der Waals surface area contributed by atoms with E-state index < -0.39 is 11.6 Å². The molecule has 2 heterocycles. The van der Waals surface area contributed by atoms with Gasteiger partial charge in [0.15, 0.2) is 29.6 Å². The average molecular weight is 597 g/mol. The van der Waals surface area contributed by atoms with Gasteiger partial charge in [0, 0.05) is 35.8 Å². The van der Waals surface area contributed by atoms with Crippen molar-refractivity contribution in [3.8, 4) is 17.0 Å². The number of primary amides is 1. The molecule has 2 aromatic carbocycles. The highest BCUT2D eigenvalue weighted by molar-refractivity contribution is 5.96. The number of methoxy groups -OCH3 is 1. The predicted molar refractivity (Wildman–Crippen MR) is 158 cm³/mol. The van der Waals surface area contributed by atoms with Gasteiger partial charge >= 0.3 is 0 Å². The second kappa shape index (κ2) is 13.6. The van der Waals surface area contributed by atoms with Crippen molar-refractivity contribution in [3.63, 3.8) is 0 Å². The summed E-state index contributed by atoms with van der Waals surface area (Å²) in [7, 11) is 5.07. The number of rotatable bonds is 14. The number of hydrogen-bond donors (Lipinski definition) is 3. The van der Waals surface area contributed by atoms with Crippen LogP contribution in [-0.4, -0.2) is 84.7 Å². The van der Waals surface area contributed by atoms with Crippen molar-refractivity contribution in [2.75, 3.05) is 59.4 Å². The maximum absolute atomic E-state index is 14.8. The molecule has 0 spiro atoms. The van der Waals surface area contributed by atoms with E-state index in [0.717, 1.165) is 5.56 Å². The molecule has 0 fully saturated rings. The second-order valence-corrected chi connectivity index (χ2v) is 10.6. The number of halogens is 2. The number of carbonyl (C=O) groups excluding carboxylic acids is 2. The number of benzene rings is 2. The van der Waals surface area contributed by atoms with Crippen molar-refractivity contribution in [3.05, 3.63) is 71.7 Å². The molecule has 0 saturated heterocycles. The normalized spacial score (nSPS) is 11.5. The van der Waals surface area contributed by atoms with Crippen LogP contribution in [0.2, 0.25) is 0 Å². The van der Waals surface area contributed by atoms with E-state index in [1.165, 1.54) is 31.6 Å². The minimum absolute atomic E-state index is 0.0306. The van der Waals surface area contributed by atoms with Crippen molar-refractivity contribution in [1.29, 1.82) is 0 Å². The number of nitrogens with one attached hydrogen (secondary N) is 2. The van der Waals surface area contributed by atoms with Gasteiger partial charge in [0.2, 0.25) is 5.82 Å². The number of fused-ring (bicyclic) bond motifs is 1. The zero-order valence-electron chi connectivity index (χ0n) is 24.6. The molecule has 13 heteroatoms. The van der Waals surface area contributed by atoms with Crippen LogP contribution in [-0.2, 0) is 16.0 Å². The molecule has 0 bridgehead atoms. The summed E-state index contributed by atoms with van der Waals surface area (Å²) in [5, 5.41) is 6.10. The quantitative estimate of drug-likeness (QED) is 0.150. The van der Waals surface area contributed by atoms with Crippen LogP contribution in [0.25, 0.3) is 16.9 Å². The summed E-state index contributed by atoms with van der Waals surface area (Å²) in [6, 6.07) is 8.14. The summed E-state index contributed by atoms with van der Waals surface area (Å²) in [6.07, 6.45) is 5.19. The van der Waals surface area contributed by atoms with Gasteiger partial charge in [-0.3, -0.25) is 14.0 Å². The molecule has 2 aromatic heterocycles. The predicted octanol–water partition coefficient (Wildman–Crippen LogP) is 3.30. The number of quaternary nitrogens is 1. The first-order chi connectivity index (χ1) is 20.5. The first kappa shape index (κ1) is 31.3. The Labute approximate surface area is 248 Å². The molecule has 11 nitrogen and oxygen atoms in total. The fraction of sp³-hybridized carbons (Fsp3) is 0.333. The van der Waals surface area contributed by atoms with Crippen LogP contribution in [0.5, 0.6) is 5.75 Å². The summed E-state index contributed by atoms with van der Waals surface area (Å²) >= 11 is 0. The van der Waals surface area contributed by atoms with Crippen LogP contribution < -0.4 is 21.1 Å². The maximum Gasteiger partial charge on any atom is 0.272 e. The van der Waals surface area contributed by atoms with E-state index in [9.17, 15) is 18.4 Å². The van der Waals surface area contributed by atoms with Crippen LogP contribution in [0.4, 0.5) is 20.3 Å². The van der Waals surface area contributed by atoms with Crippen LogP contribution in [0, 0.1) is 11.6 Å². The van der Waals surface area contributed by atoms with Gasteiger partial charge in [0.1, 0.15) is 6.54 Å². The number of nitrogens with zero attached hydrogens (tertiary/aromatic N) is 4. The Morgan fingerprint density at radius 2 is 1.88 bits per heavy atom. The third-order valence-electron chi connectivity index (χ3n) is 6.92. The molecule has 0 atom stereocenters. The molecular weight excluding hydrogens is 560 g/mol. The highest BCUT2D eigenvalue weighted by Crippen LogP contribution is 2.31. The van der Waals surface area contributed by atoms with Gasteiger partial charge in [-0.25, -0.2) is 14.4 Å². The number of aryl methyl sites for hydroxylation is 1. The van der Waals surface area contributed by atoms with E-state index >= 15 is 0 Å². The van der Waals surface area contributed by atoms with Crippen molar-refractivity contribution in [2.45, 2.75) is 13.3 Å². The zero-order chi connectivity index (χ0) is 31.1. The van der Waals surface area contributed by atoms with Gasteiger partial charge < -0.3 is 30.3 Å². The lowest BCUT2D eigenvalue weighted by atomic mass is 10.0. The van der Waals surface area contributed by atoms with Crippen LogP contribution in [0.1, 0.15) is 22.8 Å². The smallest absolute Gasteiger partial charge is 0.272 e. The highest BCUT2D eigenvalue weighted by Gasteiger charge is 2.20. The molecular formula is C30H36F2N7O4+. The van der Waals surface area contributed by atoms with E-state index in [-0.39, 0.29) is 29.7 Å². The first-order valence-electron chi connectivity index (χ1n) is 13.7. The van der Waals surface area contributed by atoms with Gasteiger partial charge in [0.05, 0.1) is 46.3 Å². The van der Waals surface area contributed by atoms with E-state index in [1.807, 2.05) is 27.1 Å². The monoisotopic (exact) mass is 596 g/mol. The SMILES string of the molecule is CCc1cc(Nc2nccn3c(-c4ccc(OC)c(F)c4F)cnc23)ccc1C(=O)NCCOCC[N+](C)(C)CC(N)=O. The fourth-order valence-corrected chi connectivity index (χ4v) is 4.66. The minimum atomic E-state index is -1.08. The number of ether oxygens (including phenoxy) is 2. The Morgan fingerprint density at radius 3 is 2.60 bits per heavy atom. The Kier molecular flexibility index (Phi) is 9.88.